The molecule has 3 N–H and O–H groups in total. The summed E-state index contributed by atoms with van der Waals surface area (Å²) in [6.07, 6.45) is -0.133. The highest BCUT2D eigenvalue weighted by molar-refractivity contribution is 7.89. The number of alkyl carbamates (subject to hydrolysis) is 1. The number of sulfonamides is 1. The van der Waals surface area contributed by atoms with E-state index in [9.17, 15) is 22.8 Å². The van der Waals surface area contributed by atoms with Crippen LogP contribution in [0.25, 0.3) is 0 Å². The Hall–Kier alpha value is -3.44. The molecule has 10 nitrogen and oxygen atoms in total. The van der Waals surface area contributed by atoms with Gasteiger partial charge in [0.1, 0.15) is 11.6 Å². The van der Waals surface area contributed by atoms with Gasteiger partial charge in [0.15, 0.2) is 0 Å². The Morgan fingerprint density at radius 3 is 2.02 bits per heavy atom. The largest absolute Gasteiger partial charge is 0.444 e. The zero-order chi connectivity index (χ0) is 32.7. The smallest absolute Gasteiger partial charge is 0.407 e. The normalized spacial score (nSPS) is 17.8. The fourth-order valence-corrected chi connectivity index (χ4v) is 6.59. The molecule has 1 aliphatic rings. The molecule has 2 atom stereocenters. The summed E-state index contributed by atoms with van der Waals surface area (Å²) in [5.41, 5.74) is 2.46. The summed E-state index contributed by atoms with van der Waals surface area (Å²) in [7, 11) is -3.99. The lowest BCUT2D eigenvalue weighted by Gasteiger charge is -2.38. The average molecular weight is 629 g/mol. The third kappa shape index (κ3) is 10.1. The molecule has 1 fully saturated rings. The molecule has 2 aromatic rings. The quantitative estimate of drug-likeness (QED) is 0.327. The van der Waals surface area contributed by atoms with Crippen LogP contribution >= 0.6 is 0 Å². The molecular formula is C33H48N4O6S. The maximum absolute atomic E-state index is 13.8. The van der Waals surface area contributed by atoms with Crippen molar-refractivity contribution in [1.82, 2.24) is 20.3 Å². The molecule has 11 heteroatoms. The Morgan fingerprint density at radius 1 is 0.909 bits per heavy atom. The molecule has 0 saturated carbocycles. The molecule has 0 aliphatic carbocycles. The lowest BCUT2D eigenvalue weighted by atomic mass is 9.98. The summed E-state index contributed by atoms with van der Waals surface area (Å²) in [6.45, 7) is 13.9. The van der Waals surface area contributed by atoms with E-state index in [-0.39, 0.29) is 49.2 Å². The molecule has 242 valence electrons. The van der Waals surface area contributed by atoms with E-state index in [2.05, 4.69) is 29.8 Å². The maximum Gasteiger partial charge on any atom is 0.407 e. The van der Waals surface area contributed by atoms with Gasteiger partial charge in [0.2, 0.25) is 21.8 Å². The number of hydrogen-bond donors (Lipinski definition) is 3. The van der Waals surface area contributed by atoms with E-state index in [1.165, 1.54) is 9.87 Å². The number of piperidine rings is 1. The number of nitrogens with zero attached hydrogens (tertiary/aromatic N) is 1. The molecule has 0 unspecified atom stereocenters. The average Bonchev–Trinajstić information content (AvgIpc) is 2.95. The SMILES string of the molecule is CC(C)c1ccc(CNC(=O)[C@H]2C[C@H](NC(=O)CCNC(=O)OC(C)(C)C)CCN2S(=O)(=O)c2ccc(C(C)C)cc2)cc1. The fraction of sp³-hybridized carbons (Fsp3) is 0.545. The maximum atomic E-state index is 13.8. The Balaban J connectivity index is 1.72. The lowest BCUT2D eigenvalue weighted by Crippen LogP contribution is -2.57. The second kappa shape index (κ2) is 15.0. The summed E-state index contributed by atoms with van der Waals surface area (Å²) >= 11 is 0. The van der Waals surface area contributed by atoms with Crippen LogP contribution in [0.5, 0.6) is 0 Å². The van der Waals surface area contributed by atoms with E-state index in [4.69, 9.17) is 4.74 Å². The monoisotopic (exact) mass is 628 g/mol. The molecule has 0 radical (unpaired) electrons. The molecular weight excluding hydrogens is 580 g/mol. The predicted octanol–water partition coefficient (Wildman–Crippen LogP) is 4.80. The van der Waals surface area contributed by atoms with Crippen molar-refractivity contribution in [1.29, 1.82) is 0 Å². The molecule has 1 heterocycles. The van der Waals surface area contributed by atoms with Crippen LogP contribution in [0, 0.1) is 0 Å². The predicted molar refractivity (Wildman–Crippen MR) is 171 cm³/mol. The van der Waals surface area contributed by atoms with Gasteiger partial charge in [-0.25, -0.2) is 13.2 Å². The van der Waals surface area contributed by atoms with Gasteiger partial charge in [-0.05, 0) is 74.3 Å². The molecule has 0 bridgehead atoms. The van der Waals surface area contributed by atoms with Crippen molar-refractivity contribution in [3.05, 3.63) is 65.2 Å². The Bertz CT molecular complexity index is 1380. The third-order valence-electron chi connectivity index (χ3n) is 7.51. The molecule has 3 amide bonds. The van der Waals surface area contributed by atoms with Crippen molar-refractivity contribution in [2.75, 3.05) is 13.1 Å². The van der Waals surface area contributed by atoms with Gasteiger partial charge in [0, 0.05) is 32.1 Å². The summed E-state index contributed by atoms with van der Waals surface area (Å²) < 4.78 is 34.0. The minimum Gasteiger partial charge on any atom is -0.444 e. The lowest BCUT2D eigenvalue weighted by molar-refractivity contribution is -0.127. The number of hydrogen-bond acceptors (Lipinski definition) is 6. The van der Waals surface area contributed by atoms with E-state index < -0.39 is 39.7 Å². The first-order chi connectivity index (χ1) is 20.6. The van der Waals surface area contributed by atoms with Crippen LogP contribution in [0.15, 0.2) is 53.4 Å². The second-order valence-corrected chi connectivity index (χ2v) is 14.8. The zero-order valence-corrected chi connectivity index (χ0v) is 27.8. The number of carbonyl (C=O) groups is 3. The molecule has 3 rings (SSSR count). The van der Waals surface area contributed by atoms with Crippen molar-refractivity contribution in [2.45, 2.75) is 109 Å². The topological polar surface area (TPSA) is 134 Å². The van der Waals surface area contributed by atoms with E-state index in [1.807, 2.05) is 38.1 Å². The minimum atomic E-state index is -3.99. The number of nitrogens with one attached hydrogen (secondary N) is 3. The fourth-order valence-electron chi connectivity index (χ4n) is 4.98. The number of rotatable bonds is 11. The van der Waals surface area contributed by atoms with Crippen molar-refractivity contribution < 1.29 is 27.5 Å². The standard InChI is InChI=1S/C33H48N4O6S/c1-22(2)25-10-8-24(9-11-25)21-35-31(39)29-20-27(36-30(38)16-18-34-32(40)43-33(5,6)7)17-19-37(29)44(41,42)28-14-12-26(13-15-28)23(3)4/h8-15,22-23,27,29H,16-21H2,1-7H3,(H,34,40)(H,35,39)(H,36,38)/t27-,29-/m1/s1. The van der Waals surface area contributed by atoms with Gasteiger partial charge in [-0.3, -0.25) is 9.59 Å². The number of amides is 3. The number of benzene rings is 2. The van der Waals surface area contributed by atoms with Gasteiger partial charge in [-0.1, -0.05) is 64.1 Å². The summed E-state index contributed by atoms with van der Waals surface area (Å²) in [5.74, 6) is -0.102. The number of carbonyl (C=O) groups excluding carboxylic acids is 3. The van der Waals surface area contributed by atoms with Crippen LogP contribution in [-0.4, -0.2) is 61.4 Å². The Kier molecular flexibility index (Phi) is 12.0. The Morgan fingerprint density at radius 2 is 1.48 bits per heavy atom. The highest BCUT2D eigenvalue weighted by Crippen LogP contribution is 2.27. The third-order valence-corrected chi connectivity index (χ3v) is 9.43. The van der Waals surface area contributed by atoms with Crippen LogP contribution in [0.4, 0.5) is 4.79 Å². The van der Waals surface area contributed by atoms with E-state index in [0.29, 0.717) is 12.3 Å². The number of ether oxygens (including phenoxy) is 1. The first-order valence-corrected chi connectivity index (χ1v) is 16.8. The van der Waals surface area contributed by atoms with Crippen molar-refractivity contribution >= 4 is 27.9 Å². The van der Waals surface area contributed by atoms with Crippen molar-refractivity contribution in [2.24, 2.45) is 0 Å². The van der Waals surface area contributed by atoms with E-state index in [1.54, 1.807) is 45.0 Å². The van der Waals surface area contributed by atoms with Gasteiger partial charge in [0.25, 0.3) is 0 Å². The van der Waals surface area contributed by atoms with Gasteiger partial charge >= 0.3 is 6.09 Å². The van der Waals surface area contributed by atoms with Crippen LogP contribution in [0.2, 0.25) is 0 Å². The molecule has 1 aliphatic heterocycles. The van der Waals surface area contributed by atoms with E-state index >= 15 is 0 Å². The molecule has 44 heavy (non-hydrogen) atoms. The molecule has 0 aromatic heterocycles. The van der Waals surface area contributed by atoms with Gasteiger partial charge < -0.3 is 20.7 Å². The van der Waals surface area contributed by atoms with Gasteiger partial charge in [0.05, 0.1) is 4.90 Å². The highest BCUT2D eigenvalue weighted by atomic mass is 32.2. The van der Waals surface area contributed by atoms with Crippen LogP contribution in [0.1, 0.15) is 96.3 Å². The summed E-state index contributed by atoms with van der Waals surface area (Å²) in [5, 5.41) is 8.39. The highest BCUT2D eigenvalue weighted by Gasteiger charge is 2.41. The molecule has 0 spiro atoms. The minimum absolute atomic E-state index is 0.0171. The summed E-state index contributed by atoms with van der Waals surface area (Å²) in [6, 6.07) is 13.3. The van der Waals surface area contributed by atoms with Crippen LogP contribution < -0.4 is 16.0 Å². The van der Waals surface area contributed by atoms with Crippen LogP contribution in [-0.2, 0) is 30.9 Å². The molecule has 1 saturated heterocycles. The van der Waals surface area contributed by atoms with Gasteiger partial charge in [-0.15, -0.1) is 0 Å². The zero-order valence-electron chi connectivity index (χ0n) is 27.0. The first-order valence-electron chi connectivity index (χ1n) is 15.3. The molecule has 2 aromatic carbocycles. The Labute approximate surface area is 262 Å². The van der Waals surface area contributed by atoms with Crippen molar-refractivity contribution in [3.63, 3.8) is 0 Å². The van der Waals surface area contributed by atoms with Gasteiger partial charge in [-0.2, -0.15) is 4.31 Å². The first kappa shape index (κ1) is 35.0. The van der Waals surface area contributed by atoms with Crippen LogP contribution in [0.3, 0.4) is 0 Å². The van der Waals surface area contributed by atoms with E-state index in [0.717, 1.165) is 11.1 Å². The second-order valence-electron chi connectivity index (χ2n) is 12.9. The van der Waals surface area contributed by atoms with Crippen molar-refractivity contribution in [3.8, 4) is 0 Å². The summed E-state index contributed by atoms with van der Waals surface area (Å²) in [4.78, 5) is 38.3.